The monoisotopic (exact) mass is 142 g/mol. The van der Waals surface area contributed by atoms with Gasteiger partial charge in [-0.05, 0) is 13.3 Å². The summed E-state index contributed by atoms with van der Waals surface area (Å²) in [7, 11) is 0. The Morgan fingerprint density at radius 3 is 2.90 bits per heavy atom. The number of amidine groups is 1. The summed E-state index contributed by atoms with van der Waals surface area (Å²) in [5.74, 6) is 0.967. The lowest BCUT2D eigenvalue weighted by Crippen LogP contribution is -2.36. The molecule has 0 amide bonds. The van der Waals surface area contributed by atoms with Gasteiger partial charge in [-0.2, -0.15) is 0 Å². The molecule has 3 nitrogen and oxygen atoms in total. The van der Waals surface area contributed by atoms with Gasteiger partial charge in [-0.3, -0.25) is 4.99 Å². The van der Waals surface area contributed by atoms with E-state index >= 15 is 0 Å². The number of aliphatic hydroxyl groups excluding tert-OH is 1. The molecular weight excluding hydrogens is 128 g/mol. The third kappa shape index (κ3) is 1.29. The predicted octanol–water partition coefficient (Wildman–Crippen LogP) is 0.449. The van der Waals surface area contributed by atoms with Crippen LogP contribution < -0.4 is 0 Å². The molecule has 0 aliphatic carbocycles. The zero-order chi connectivity index (χ0) is 7.56. The highest BCUT2D eigenvalue weighted by atomic mass is 16.3. The summed E-state index contributed by atoms with van der Waals surface area (Å²) >= 11 is 0. The summed E-state index contributed by atoms with van der Waals surface area (Å²) in [5, 5.41) is 9.37. The van der Waals surface area contributed by atoms with Crippen LogP contribution in [0.25, 0.3) is 0 Å². The Bertz CT molecular complexity index is 145. The maximum absolute atomic E-state index is 9.37. The molecule has 0 saturated heterocycles. The van der Waals surface area contributed by atoms with Gasteiger partial charge in [0.15, 0.2) is 0 Å². The maximum atomic E-state index is 9.37. The second kappa shape index (κ2) is 3.01. The molecule has 0 saturated carbocycles. The van der Waals surface area contributed by atoms with Crippen molar-refractivity contribution in [1.29, 1.82) is 0 Å². The molecule has 0 aromatic carbocycles. The summed E-state index contributed by atoms with van der Waals surface area (Å²) in [4.78, 5) is 6.10. The van der Waals surface area contributed by atoms with E-state index in [2.05, 4.69) is 4.99 Å². The molecule has 1 atom stereocenters. The van der Waals surface area contributed by atoms with Gasteiger partial charge in [0.25, 0.3) is 0 Å². The number of hydrogen-bond acceptors (Lipinski definition) is 3. The minimum absolute atomic E-state index is 0.328. The molecule has 0 aromatic heterocycles. The molecule has 3 heteroatoms. The first kappa shape index (κ1) is 7.54. The maximum Gasteiger partial charge on any atom is 0.127 e. The summed E-state index contributed by atoms with van der Waals surface area (Å²) in [5.41, 5.74) is 0. The van der Waals surface area contributed by atoms with Crippen LogP contribution in [0, 0.1) is 0 Å². The van der Waals surface area contributed by atoms with Gasteiger partial charge >= 0.3 is 0 Å². The van der Waals surface area contributed by atoms with Crippen molar-refractivity contribution >= 4 is 5.84 Å². The molecule has 10 heavy (non-hydrogen) atoms. The minimum Gasteiger partial charge on any atom is -0.374 e. The molecule has 1 aliphatic heterocycles. The van der Waals surface area contributed by atoms with Crippen molar-refractivity contribution in [3.8, 4) is 0 Å². The molecule has 1 rings (SSSR count). The number of aliphatic imine (C=N–C) groups is 1. The standard InChI is InChI=1S/C7H14N2O/c1-3-7(10)9-5-4-8-6(9)2/h7,10H,3-5H2,1-2H3. The summed E-state index contributed by atoms with van der Waals surface area (Å²) in [6.07, 6.45) is 0.443. The Morgan fingerprint density at radius 2 is 2.50 bits per heavy atom. The Balaban J connectivity index is 2.49. The smallest absolute Gasteiger partial charge is 0.127 e. The molecule has 1 aliphatic rings. The van der Waals surface area contributed by atoms with Crippen LogP contribution in [-0.2, 0) is 0 Å². The zero-order valence-electron chi connectivity index (χ0n) is 6.54. The third-order valence-corrected chi connectivity index (χ3v) is 1.82. The second-order valence-electron chi connectivity index (χ2n) is 2.51. The van der Waals surface area contributed by atoms with Gasteiger partial charge in [0.1, 0.15) is 6.23 Å². The fourth-order valence-electron chi connectivity index (χ4n) is 1.16. The molecule has 1 heterocycles. The normalized spacial score (nSPS) is 21.1. The van der Waals surface area contributed by atoms with Crippen molar-refractivity contribution in [1.82, 2.24) is 4.90 Å². The van der Waals surface area contributed by atoms with Gasteiger partial charge < -0.3 is 10.0 Å². The molecule has 1 N–H and O–H groups in total. The van der Waals surface area contributed by atoms with E-state index in [1.165, 1.54) is 0 Å². The van der Waals surface area contributed by atoms with E-state index < -0.39 is 0 Å². The first-order chi connectivity index (χ1) is 4.75. The molecular formula is C7H14N2O. The van der Waals surface area contributed by atoms with Gasteiger partial charge in [0.05, 0.1) is 12.4 Å². The zero-order valence-corrected chi connectivity index (χ0v) is 6.54. The van der Waals surface area contributed by atoms with E-state index in [1.807, 2.05) is 18.7 Å². The molecule has 0 radical (unpaired) electrons. The third-order valence-electron chi connectivity index (χ3n) is 1.82. The number of hydrogen-bond donors (Lipinski definition) is 1. The molecule has 0 aromatic rings. The molecule has 58 valence electrons. The van der Waals surface area contributed by atoms with Crippen molar-refractivity contribution in [2.45, 2.75) is 26.5 Å². The van der Waals surface area contributed by atoms with Gasteiger partial charge in [-0.1, -0.05) is 6.92 Å². The van der Waals surface area contributed by atoms with Gasteiger partial charge in [-0.15, -0.1) is 0 Å². The Morgan fingerprint density at radius 1 is 1.80 bits per heavy atom. The summed E-state index contributed by atoms with van der Waals surface area (Å²) < 4.78 is 0. The quantitative estimate of drug-likeness (QED) is 0.607. The van der Waals surface area contributed by atoms with Crippen LogP contribution in [0.1, 0.15) is 20.3 Å². The number of aliphatic hydroxyl groups is 1. The van der Waals surface area contributed by atoms with Crippen LogP contribution in [0.15, 0.2) is 4.99 Å². The lowest BCUT2D eigenvalue weighted by molar-refractivity contribution is 0.0568. The van der Waals surface area contributed by atoms with Crippen molar-refractivity contribution < 1.29 is 5.11 Å². The number of nitrogens with zero attached hydrogens (tertiary/aromatic N) is 2. The van der Waals surface area contributed by atoms with E-state index in [1.54, 1.807) is 0 Å². The van der Waals surface area contributed by atoms with E-state index in [-0.39, 0.29) is 6.23 Å². The first-order valence-electron chi connectivity index (χ1n) is 3.71. The minimum atomic E-state index is -0.328. The molecule has 0 fully saturated rings. The van der Waals surface area contributed by atoms with E-state index in [0.29, 0.717) is 0 Å². The fraction of sp³-hybridized carbons (Fsp3) is 0.857. The highest BCUT2D eigenvalue weighted by molar-refractivity contribution is 5.81. The van der Waals surface area contributed by atoms with Crippen LogP contribution in [-0.4, -0.2) is 35.2 Å². The topological polar surface area (TPSA) is 35.8 Å². The first-order valence-corrected chi connectivity index (χ1v) is 3.71. The Labute approximate surface area is 61.4 Å². The van der Waals surface area contributed by atoms with E-state index in [4.69, 9.17) is 0 Å². The molecule has 0 bridgehead atoms. The highest BCUT2D eigenvalue weighted by Crippen LogP contribution is 2.06. The van der Waals surface area contributed by atoms with Crippen molar-refractivity contribution in [3.05, 3.63) is 0 Å². The van der Waals surface area contributed by atoms with E-state index in [9.17, 15) is 5.11 Å². The SMILES string of the molecule is CCC(O)N1CCN=C1C. The molecule has 1 unspecified atom stereocenters. The predicted molar refractivity (Wildman–Crippen MR) is 41.0 cm³/mol. The number of rotatable bonds is 2. The van der Waals surface area contributed by atoms with Crippen molar-refractivity contribution in [2.75, 3.05) is 13.1 Å². The average molecular weight is 142 g/mol. The highest BCUT2D eigenvalue weighted by Gasteiger charge is 2.17. The summed E-state index contributed by atoms with van der Waals surface area (Å²) in [6.45, 7) is 5.62. The summed E-state index contributed by atoms with van der Waals surface area (Å²) in [6, 6.07) is 0. The molecule has 0 spiro atoms. The Kier molecular flexibility index (Phi) is 2.27. The van der Waals surface area contributed by atoms with Crippen molar-refractivity contribution in [3.63, 3.8) is 0 Å². The fourth-order valence-corrected chi connectivity index (χ4v) is 1.16. The second-order valence-corrected chi connectivity index (χ2v) is 2.51. The average Bonchev–Trinajstić information content (AvgIpc) is 2.34. The van der Waals surface area contributed by atoms with Crippen LogP contribution in [0.5, 0.6) is 0 Å². The van der Waals surface area contributed by atoms with Gasteiger partial charge in [-0.25, -0.2) is 0 Å². The van der Waals surface area contributed by atoms with Crippen LogP contribution in [0.3, 0.4) is 0 Å². The van der Waals surface area contributed by atoms with Crippen molar-refractivity contribution in [2.24, 2.45) is 4.99 Å². The van der Waals surface area contributed by atoms with E-state index in [0.717, 1.165) is 25.3 Å². The Hall–Kier alpha value is -0.570. The van der Waals surface area contributed by atoms with Crippen LogP contribution in [0.2, 0.25) is 0 Å². The lowest BCUT2D eigenvalue weighted by atomic mass is 10.3. The van der Waals surface area contributed by atoms with Gasteiger partial charge in [0.2, 0.25) is 0 Å². The lowest BCUT2D eigenvalue weighted by Gasteiger charge is -2.23. The van der Waals surface area contributed by atoms with Crippen LogP contribution in [0.4, 0.5) is 0 Å². The van der Waals surface area contributed by atoms with Gasteiger partial charge in [0, 0.05) is 6.54 Å². The van der Waals surface area contributed by atoms with Crippen LogP contribution >= 0.6 is 0 Å². The largest absolute Gasteiger partial charge is 0.374 e.